The Balaban J connectivity index is 2.06. The van der Waals surface area contributed by atoms with Gasteiger partial charge >= 0.3 is 0 Å². The molecule has 2 N–H and O–H groups in total. The lowest BCUT2D eigenvalue weighted by atomic mass is 10.2. The molecule has 1 aliphatic rings. The van der Waals surface area contributed by atoms with E-state index in [1.807, 2.05) is 24.0 Å². The van der Waals surface area contributed by atoms with E-state index in [0.717, 1.165) is 25.1 Å². The molecule has 92 valence electrons. The van der Waals surface area contributed by atoms with Crippen molar-refractivity contribution in [1.82, 2.24) is 10.2 Å². The van der Waals surface area contributed by atoms with Gasteiger partial charge in [0.25, 0.3) is 0 Å². The van der Waals surface area contributed by atoms with Crippen molar-refractivity contribution in [2.45, 2.75) is 25.9 Å². The van der Waals surface area contributed by atoms with E-state index in [0.29, 0.717) is 6.54 Å². The van der Waals surface area contributed by atoms with Crippen LogP contribution >= 0.6 is 0 Å². The second-order valence-corrected chi connectivity index (χ2v) is 4.46. The molecule has 4 heteroatoms. The molecule has 4 nitrogen and oxygen atoms in total. The van der Waals surface area contributed by atoms with Gasteiger partial charge in [0, 0.05) is 13.1 Å². The van der Waals surface area contributed by atoms with Crippen LogP contribution in [-0.2, 0) is 11.3 Å². The van der Waals surface area contributed by atoms with E-state index in [4.69, 9.17) is 0 Å². The molecule has 1 fully saturated rings. The fourth-order valence-corrected chi connectivity index (χ4v) is 2.04. The standard InChI is InChI=1S/C13H18N2O2/c1-10-13(17)15(8-2-7-14-10)9-11-3-5-12(16)6-4-11/h3-6,10,14,16H,2,7-9H2,1H3. The van der Waals surface area contributed by atoms with Gasteiger partial charge in [-0.15, -0.1) is 0 Å². The minimum atomic E-state index is -0.102. The summed E-state index contributed by atoms with van der Waals surface area (Å²) >= 11 is 0. The van der Waals surface area contributed by atoms with Gasteiger partial charge in [0.1, 0.15) is 5.75 Å². The largest absolute Gasteiger partial charge is 0.508 e. The molecule has 1 amide bonds. The first-order valence-corrected chi connectivity index (χ1v) is 5.97. The monoisotopic (exact) mass is 234 g/mol. The number of nitrogens with zero attached hydrogens (tertiary/aromatic N) is 1. The zero-order chi connectivity index (χ0) is 12.3. The van der Waals surface area contributed by atoms with E-state index in [1.54, 1.807) is 12.1 Å². The second-order valence-electron chi connectivity index (χ2n) is 4.46. The number of benzene rings is 1. The predicted molar refractivity (Wildman–Crippen MR) is 65.6 cm³/mol. The molecule has 1 aromatic rings. The van der Waals surface area contributed by atoms with Crippen LogP contribution in [0.4, 0.5) is 0 Å². The fourth-order valence-electron chi connectivity index (χ4n) is 2.04. The number of nitrogens with one attached hydrogen (secondary N) is 1. The van der Waals surface area contributed by atoms with E-state index in [2.05, 4.69) is 5.32 Å². The van der Waals surface area contributed by atoms with Gasteiger partial charge in [-0.2, -0.15) is 0 Å². The summed E-state index contributed by atoms with van der Waals surface area (Å²) in [7, 11) is 0. The molecule has 1 heterocycles. The third kappa shape index (κ3) is 2.97. The van der Waals surface area contributed by atoms with Crippen LogP contribution in [-0.4, -0.2) is 35.0 Å². The molecule has 0 bridgehead atoms. The Morgan fingerprint density at radius 3 is 2.82 bits per heavy atom. The molecule has 1 aliphatic heterocycles. The average Bonchev–Trinajstić information content (AvgIpc) is 2.48. The van der Waals surface area contributed by atoms with Crippen LogP contribution in [0.1, 0.15) is 18.9 Å². The van der Waals surface area contributed by atoms with E-state index < -0.39 is 0 Å². The maximum atomic E-state index is 12.0. The summed E-state index contributed by atoms with van der Waals surface area (Å²) in [5, 5.41) is 12.4. The Morgan fingerprint density at radius 1 is 1.41 bits per heavy atom. The first kappa shape index (κ1) is 11.9. The first-order valence-electron chi connectivity index (χ1n) is 5.97. The van der Waals surface area contributed by atoms with E-state index in [-0.39, 0.29) is 17.7 Å². The summed E-state index contributed by atoms with van der Waals surface area (Å²) in [6.07, 6.45) is 0.980. The van der Waals surface area contributed by atoms with Crippen LogP contribution < -0.4 is 5.32 Å². The van der Waals surface area contributed by atoms with Gasteiger partial charge in [-0.25, -0.2) is 0 Å². The molecule has 1 saturated heterocycles. The van der Waals surface area contributed by atoms with Gasteiger partial charge < -0.3 is 15.3 Å². The molecular weight excluding hydrogens is 216 g/mol. The fraction of sp³-hybridized carbons (Fsp3) is 0.462. The smallest absolute Gasteiger partial charge is 0.239 e. The number of hydrogen-bond donors (Lipinski definition) is 2. The van der Waals surface area contributed by atoms with Crippen molar-refractivity contribution in [1.29, 1.82) is 0 Å². The Bertz CT molecular complexity index is 389. The highest BCUT2D eigenvalue weighted by Crippen LogP contribution is 2.13. The molecule has 1 aromatic carbocycles. The van der Waals surface area contributed by atoms with Gasteiger partial charge in [-0.05, 0) is 37.6 Å². The van der Waals surface area contributed by atoms with Gasteiger partial charge in [-0.1, -0.05) is 12.1 Å². The molecular formula is C13H18N2O2. The van der Waals surface area contributed by atoms with Gasteiger partial charge in [0.05, 0.1) is 6.04 Å². The molecule has 0 saturated carbocycles. The van der Waals surface area contributed by atoms with Crippen LogP contribution in [0.15, 0.2) is 24.3 Å². The molecule has 17 heavy (non-hydrogen) atoms. The summed E-state index contributed by atoms with van der Waals surface area (Å²) in [5.41, 5.74) is 1.05. The van der Waals surface area contributed by atoms with Crippen molar-refractivity contribution in [3.8, 4) is 5.75 Å². The van der Waals surface area contributed by atoms with Crippen molar-refractivity contribution in [2.24, 2.45) is 0 Å². The van der Waals surface area contributed by atoms with Crippen molar-refractivity contribution >= 4 is 5.91 Å². The molecule has 0 radical (unpaired) electrons. The molecule has 0 aromatic heterocycles. The molecule has 2 rings (SSSR count). The second kappa shape index (κ2) is 5.19. The normalized spacial score (nSPS) is 21.4. The predicted octanol–water partition coefficient (Wildman–Crippen LogP) is 1.10. The highest BCUT2D eigenvalue weighted by molar-refractivity contribution is 5.81. The number of phenols is 1. The number of rotatable bonds is 2. The number of carbonyl (C=O) groups is 1. The first-order chi connectivity index (χ1) is 8.16. The SMILES string of the molecule is CC1NCCCN(Cc2ccc(O)cc2)C1=O. The Hall–Kier alpha value is -1.55. The molecule has 1 unspecified atom stereocenters. The highest BCUT2D eigenvalue weighted by atomic mass is 16.3. The van der Waals surface area contributed by atoms with Gasteiger partial charge in [0.2, 0.25) is 5.91 Å². The van der Waals surface area contributed by atoms with Gasteiger partial charge in [-0.3, -0.25) is 4.79 Å². The summed E-state index contributed by atoms with van der Waals surface area (Å²) in [5.74, 6) is 0.404. The number of aromatic hydroxyl groups is 1. The number of carbonyl (C=O) groups excluding carboxylic acids is 1. The Kier molecular flexibility index (Phi) is 3.64. The third-order valence-electron chi connectivity index (χ3n) is 3.05. The quantitative estimate of drug-likeness (QED) is 0.805. The van der Waals surface area contributed by atoms with E-state index in [1.165, 1.54) is 0 Å². The topological polar surface area (TPSA) is 52.6 Å². The lowest BCUT2D eigenvalue weighted by molar-refractivity contribution is -0.132. The van der Waals surface area contributed by atoms with Crippen LogP contribution in [0, 0.1) is 0 Å². The Labute approximate surface area is 101 Å². The van der Waals surface area contributed by atoms with Crippen molar-refractivity contribution in [3.63, 3.8) is 0 Å². The minimum absolute atomic E-state index is 0.102. The molecule has 0 aliphatic carbocycles. The van der Waals surface area contributed by atoms with Crippen molar-refractivity contribution < 1.29 is 9.90 Å². The van der Waals surface area contributed by atoms with E-state index >= 15 is 0 Å². The summed E-state index contributed by atoms with van der Waals surface area (Å²) < 4.78 is 0. The van der Waals surface area contributed by atoms with Crippen molar-refractivity contribution in [2.75, 3.05) is 13.1 Å². The highest BCUT2D eigenvalue weighted by Gasteiger charge is 2.22. The van der Waals surface area contributed by atoms with Crippen LogP contribution in [0.2, 0.25) is 0 Å². The van der Waals surface area contributed by atoms with Crippen LogP contribution in [0.5, 0.6) is 5.75 Å². The Morgan fingerprint density at radius 2 is 2.12 bits per heavy atom. The maximum Gasteiger partial charge on any atom is 0.239 e. The van der Waals surface area contributed by atoms with Crippen molar-refractivity contribution in [3.05, 3.63) is 29.8 Å². The number of hydrogen-bond acceptors (Lipinski definition) is 3. The zero-order valence-corrected chi connectivity index (χ0v) is 10.0. The number of phenolic OH excluding ortho intramolecular Hbond substituents is 1. The third-order valence-corrected chi connectivity index (χ3v) is 3.05. The minimum Gasteiger partial charge on any atom is -0.508 e. The maximum absolute atomic E-state index is 12.0. The van der Waals surface area contributed by atoms with Crippen LogP contribution in [0.25, 0.3) is 0 Å². The van der Waals surface area contributed by atoms with E-state index in [9.17, 15) is 9.90 Å². The summed E-state index contributed by atoms with van der Waals surface area (Å²) in [4.78, 5) is 13.9. The lowest BCUT2D eigenvalue weighted by Crippen LogP contribution is -2.41. The summed E-state index contributed by atoms with van der Waals surface area (Å²) in [6.45, 7) is 4.19. The molecule has 0 spiro atoms. The van der Waals surface area contributed by atoms with Gasteiger partial charge in [0.15, 0.2) is 0 Å². The average molecular weight is 234 g/mol. The zero-order valence-electron chi connectivity index (χ0n) is 10.0. The molecule has 1 atom stereocenters. The lowest BCUT2D eigenvalue weighted by Gasteiger charge is -2.22. The van der Waals surface area contributed by atoms with Crippen LogP contribution in [0.3, 0.4) is 0 Å². The summed E-state index contributed by atoms with van der Waals surface area (Å²) in [6, 6.07) is 6.91. The number of amides is 1.